The van der Waals surface area contributed by atoms with Crippen molar-refractivity contribution in [2.45, 2.75) is 0 Å². The van der Waals surface area contributed by atoms with Gasteiger partial charge in [-0.1, -0.05) is 0 Å². The first-order valence-corrected chi connectivity index (χ1v) is 4.49. The van der Waals surface area contributed by atoms with E-state index in [4.69, 9.17) is 11.5 Å². The predicted molar refractivity (Wildman–Crippen MR) is 57.2 cm³/mol. The van der Waals surface area contributed by atoms with E-state index in [2.05, 4.69) is 15.1 Å². The standard InChI is InChI=1S/C9H10N6O/c1-15-4-5(2-13-15)9-12-3-6(8(11)16)7(10)14-9/h2-4H,1H3,(H2,11,16)(H2,10,12,14). The highest BCUT2D eigenvalue weighted by molar-refractivity contribution is 5.96. The summed E-state index contributed by atoms with van der Waals surface area (Å²) in [7, 11) is 1.78. The van der Waals surface area contributed by atoms with E-state index in [1.807, 2.05) is 0 Å². The maximum absolute atomic E-state index is 10.9. The molecule has 0 bridgehead atoms. The van der Waals surface area contributed by atoms with Gasteiger partial charge in [0.15, 0.2) is 5.82 Å². The van der Waals surface area contributed by atoms with Crippen LogP contribution in [0.1, 0.15) is 10.4 Å². The van der Waals surface area contributed by atoms with Gasteiger partial charge in [0.2, 0.25) is 0 Å². The van der Waals surface area contributed by atoms with Crippen molar-refractivity contribution < 1.29 is 4.79 Å². The number of primary amides is 1. The van der Waals surface area contributed by atoms with Gasteiger partial charge < -0.3 is 11.5 Å². The summed E-state index contributed by atoms with van der Waals surface area (Å²) >= 11 is 0. The molecule has 1 amide bonds. The molecule has 0 saturated carbocycles. The van der Waals surface area contributed by atoms with Crippen molar-refractivity contribution in [2.24, 2.45) is 12.8 Å². The SMILES string of the molecule is Cn1cc(-c2ncc(C(N)=O)c(N)n2)cn1. The van der Waals surface area contributed by atoms with Gasteiger partial charge in [0, 0.05) is 19.4 Å². The smallest absolute Gasteiger partial charge is 0.254 e. The zero-order chi connectivity index (χ0) is 11.7. The van der Waals surface area contributed by atoms with E-state index in [0.717, 1.165) is 5.56 Å². The molecule has 0 aromatic carbocycles. The molecular formula is C9H10N6O. The third kappa shape index (κ3) is 1.70. The number of aromatic nitrogens is 4. The summed E-state index contributed by atoms with van der Waals surface area (Å²) < 4.78 is 1.62. The van der Waals surface area contributed by atoms with E-state index in [-0.39, 0.29) is 11.4 Å². The molecule has 2 rings (SSSR count). The molecule has 16 heavy (non-hydrogen) atoms. The van der Waals surface area contributed by atoms with E-state index in [9.17, 15) is 4.79 Å². The Morgan fingerprint density at radius 1 is 1.44 bits per heavy atom. The lowest BCUT2D eigenvalue weighted by Crippen LogP contribution is -2.15. The molecule has 7 nitrogen and oxygen atoms in total. The third-order valence-corrected chi connectivity index (χ3v) is 2.05. The van der Waals surface area contributed by atoms with E-state index in [1.165, 1.54) is 6.20 Å². The van der Waals surface area contributed by atoms with Gasteiger partial charge in [-0.25, -0.2) is 9.97 Å². The van der Waals surface area contributed by atoms with Gasteiger partial charge in [-0.05, 0) is 0 Å². The maximum Gasteiger partial charge on any atom is 0.254 e. The first-order valence-electron chi connectivity index (χ1n) is 4.49. The van der Waals surface area contributed by atoms with Crippen molar-refractivity contribution in [3.05, 3.63) is 24.2 Å². The van der Waals surface area contributed by atoms with Crippen LogP contribution in [-0.4, -0.2) is 25.7 Å². The molecule has 82 valence electrons. The molecule has 2 aromatic heterocycles. The second-order valence-electron chi connectivity index (χ2n) is 3.26. The van der Waals surface area contributed by atoms with Gasteiger partial charge in [-0.3, -0.25) is 9.48 Å². The molecule has 0 aliphatic carbocycles. The number of hydrogen-bond acceptors (Lipinski definition) is 5. The number of rotatable bonds is 2. The molecular weight excluding hydrogens is 208 g/mol. The van der Waals surface area contributed by atoms with E-state index >= 15 is 0 Å². The summed E-state index contributed by atoms with van der Waals surface area (Å²) in [5, 5.41) is 3.98. The second kappa shape index (κ2) is 3.61. The summed E-state index contributed by atoms with van der Waals surface area (Å²) in [6, 6.07) is 0. The zero-order valence-electron chi connectivity index (χ0n) is 8.58. The predicted octanol–water partition coefficient (Wildman–Crippen LogP) is -0.442. The lowest BCUT2D eigenvalue weighted by molar-refractivity contribution is 0.100. The average molecular weight is 218 g/mol. The molecule has 0 saturated heterocycles. The van der Waals surface area contributed by atoms with Gasteiger partial charge in [0.1, 0.15) is 5.82 Å². The molecule has 0 spiro atoms. The maximum atomic E-state index is 10.9. The minimum Gasteiger partial charge on any atom is -0.383 e. The van der Waals surface area contributed by atoms with Crippen LogP contribution in [0.25, 0.3) is 11.4 Å². The van der Waals surface area contributed by atoms with Crippen molar-refractivity contribution in [1.82, 2.24) is 19.7 Å². The topological polar surface area (TPSA) is 113 Å². The number of aryl methyl sites for hydroxylation is 1. The fourth-order valence-electron chi connectivity index (χ4n) is 1.26. The van der Waals surface area contributed by atoms with Crippen molar-refractivity contribution in [3.8, 4) is 11.4 Å². The number of nitrogens with zero attached hydrogens (tertiary/aromatic N) is 4. The van der Waals surface area contributed by atoms with E-state index in [0.29, 0.717) is 5.82 Å². The Labute approximate surface area is 91.1 Å². The first kappa shape index (κ1) is 10.1. The zero-order valence-corrected chi connectivity index (χ0v) is 8.58. The van der Waals surface area contributed by atoms with Crippen LogP contribution in [0.5, 0.6) is 0 Å². The summed E-state index contributed by atoms with van der Waals surface area (Å²) in [5.41, 5.74) is 11.5. The van der Waals surface area contributed by atoms with Gasteiger partial charge >= 0.3 is 0 Å². The normalized spacial score (nSPS) is 10.3. The number of hydrogen-bond donors (Lipinski definition) is 2. The van der Waals surface area contributed by atoms with Crippen molar-refractivity contribution >= 4 is 11.7 Å². The van der Waals surface area contributed by atoms with Crippen LogP contribution in [0.15, 0.2) is 18.6 Å². The van der Waals surface area contributed by atoms with Crippen LogP contribution in [-0.2, 0) is 7.05 Å². The van der Waals surface area contributed by atoms with Gasteiger partial charge in [0.05, 0.1) is 17.3 Å². The molecule has 0 fully saturated rings. The monoisotopic (exact) mass is 218 g/mol. The molecule has 2 aromatic rings. The Kier molecular flexibility index (Phi) is 2.28. The minimum absolute atomic E-state index is 0.0707. The van der Waals surface area contributed by atoms with Crippen LogP contribution in [0, 0.1) is 0 Å². The number of nitrogens with two attached hydrogens (primary N) is 2. The highest BCUT2D eigenvalue weighted by Crippen LogP contribution is 2.16. The van der Waals surface area contributed by atoms with Gasteiger partial charge in [-0.2, -0.15) is 5.10 Å². The summed E-state index contributed by atoms with van der Waals surface area (Å²) in [5.74, 6) is -0.160. The Balaban J connectivity index is 2.45. The van der Waals surface area contributed by atoms with Crippen LogP contribution < -0.4 is 11.5 Å². The van der Waals surface area contributed by atoms with Crippen molar-refractivity contribution in [2.75, 3.05) is 5.73 Å². The van der Waals surface area contributed by atoms with Gasteiger partial charge in [0.25, 0.3) is 5.91 Å². The Hall–Kier alpha value is -2.44. The van der Waals surface area contributed by atoms with Crippen LogP contribution in [0.3, 0.4) is 0 Å². The van der Waals surface area contributed by atoms with Crippen LogP contribution in [0.4, 0.5) is 5.82 Å². The molecule has 0 aliphatic heterocycles. The summed E-state index contributed by atoms with van der Waals surface area (Å²) in [4.78, 5) is 18.9. The average Bonchev–Trinajstić information content (AvgIpc) is 2.64. The van der Waals surface area contributed by atoms with Crippen molar-refractivity contribution in [1.29, 1.82) is 0 Å². The van der Waals surface area contributed by atoms with E-state index < -0.39 is 5.91 Å². The fraction of sp³-hybridized carbons (Fsp3) is 0.111. The van der Waals surface area contributed by atoms with Crippen molar-refractivity contribution in [3.63, 3.8) is 0 Å². The quantitative estimate of drug-likeness (QED) is 0.709. The molecule has 0 radical (unpaired) electrons. The number of carbonyl (C=O) groups excluding carboxylic acids is 1. The summed E-state index contributed by atoms with van der Waals surface area (Å²) in [6.45, 7) is 0. The summed E-state index contributed by atoms with van der Waals surface area (Å²) in [6.07, 6.45) is 4.67. The second-order valence-corrected chi connectivity index (χ2v) is 3.26. The number of amides is 1. The lowest BCUT2D eigenvalue weighted by Gasteiger charge is -2.01. The third-order valence-electron chi connectivity index (χ3n) is 2.05. The Bertz CT molecular complexity index is 547. The molecule has 4 N–H and O–H groups in total. The molecule has 7 heteroatoms. The Morgan fingerprint density at radius 3 is 2.69 bits per heavy atom. The highest BCUT2D eigenvalue weighted by Gasteiger charge is 2.10. The van der Waals surface area contributed by atoms with Crippen LogP contribution >= 0.6 is 0 Å². The molecule has 2 heterocycles. The first-order chi connectivity index (χ1) is 7.58. The van der Waals surface area contributed by atoms with E-state index in [1.54, 1.807) is 24.1 Å². The number of nitrogen functional groups attached to an aromatic ring is 1. The minimum atomic E-state index is -0.643. The Morgan fingerprint density at radius 2 is 2.19 bits per heavy atom. The van der Waals surface area contributed by atoms with Crippen LogP contribution in [0.2, 0.25) is 0 Å². The fourth-order valence-corrected chi connectivity index (χ4v) is 1.26. The molecule has 0 aliphatic rings. The molecule has 0 atom stereocenters. The molecule has 0 unspecified atom stereocenters. The number of carbonyl (C=O) groups is 1. The highest BCUT2D eigenvalue weighted by atomic mass is 16.1. The van der Waals surface area contributed by atoms with Gasteiger partial charge in [-0.15, -0.1) is 0 Å². The largest absolute Gasteiger partial charge is 0.383 e. The lowest BCUT2D eigenvalue weighted by atomic mass is 10.2. The number of anilines is 1.